The lowest BCUT2D eigenvalue weighted by Gasteiger charge is -2.19. The highest BCUT2D eigenvalue weighted by atomic mass is 32.1. The van der Waals surface area contributed by atoms with Gasteiger partial charge in [-0.25, -0.2) is 0 Å². The molecule has 1 saturated carbocycles. The van der Waals surface area contributed by atoms with Crippen LogP contribution in [0.3, 0.4) is 0 Å². The average molecular weight is 241 g/mol. The van der Waals surface area contributed by atoms with Crippen molar-refractivity contribution in [2.24, 2.45) is 5.92 Å². The van der Waals surface area contributed by atoms with Gasteiger partial charge in [0.2, 0.25) is 0 Å². The van der Waals surface area contributed by atoms with Gasteiger partial charge >= 0.3 is 0 Å². The molecule has 16 heavy (non-hydrogen) atoms. The highest BCUT2D eigenvalue weighted by Gasteiger charge is 2.31. The van der Waals surface area contributed by atoms with Crippen LogP contribution in [0.25, 0.3) is 0 Å². The van der Waals surface area contributed by atoms with Gasteiger partial charge in [0.25, 0.3) is 0 Å². The van der Waals surface area contributed by atoms with Crippen molar-refractivity contribution in [2.45, 2.75) is 25.0 Å². The van der Waals surface area contributed by atoms with E-state index in [-0.39, 0.29) is 0 Å². The molecule has 1 fully saturated rings. The van der Waals surface area contributed by atoms with Crippen LogP contribution in [0.4, 0.5) is 0 Å². The van der Waals surface area contributed by atoms with Gasteiger partial charge in [0.05, 0.1) is 6.61 Å². The Hall–Kier alpha value is -0.420. The van der Waals surface area contributed by atoms with Gasteiger partial charge in [0.1, 0.15) is 6.10 Å². The fraction of sp³-hybridized carbons (Fsp3) is 0.667. The van der Waals surface area contributed by atoms with E-state index in [4.69, 9.17) is 4.74 Å². The van der Waals surface area contributed by atoms with E-state index < -0.39 is 6.10 Å². The van der Waals surface area contributed by atoms with Crippen molar-refractivity contribution in [3.8, 4) is 0 Å². The number of aliphatic hydroxyl groups is 1. The summed E-state index contributed by atoms with van der Waals surface area (Å²) >= 11 is 1.60. The largest absolute Gasteiger partial charge is 0.386 e. The molecule has 0 radical (unpaired) electrons. The number of hydrogen-bond donors (Lipinski definition) is 2. The van der Waals surface area contributed by atoms with Gasteiger partial charge in [-0.05, 0) is 30.2 Å². The van der Waals surface area contributed by atoms with E-state index in [1.54, 1.807) is 18.4 Å². The SMILES string of the molecule is COCC(NCC(O)c1cccs1)C1CC1. The molecule has 0 spiro atoms. The molecule has 2 N–H and O–H groups in total. The van der Waals surface area contributed by atoms with Gasteiger partial charge < -0.3 is 15.2 Å². The minimum Gasteiger partial charge on any atom is -0.386 e. The summed E-state index contributed by atoms with van der Waals surface area (Å²) in [6.07, 6.45) is 2.19. The smallest absolute Gasteiger partial charge is 0.101 e. The Kier molecular flexibility index (Phi) is 4.35. The Morgan fingerprint density at radius 3 is 3.00 bits per heavy atom. The normalized spacial score (nSPS) is 19.6. The van der Waals surface area contributed by atoms with E-state index in [1.807, 2.05) is 17.5 Å². The van der Waals surface area contributed by atoms with Crippen LogP contribution in [-0.2, 0) is 4.74 Å². The molecule has 90 valence electrons. The molecule has 2 atom stereocenters. The summed E-state index contributed by atoms with van der Waals surface area (Å²) in [4.78, 5) is 1.03. The summed E-state index contributed by atoms with van der Waals surface area (Å²) < 4.78 is 5.19. The van der Waals surface area contributed by atoms with Crippen molar-refractivity contribution >= 4 is 11.3 Å². The number of thiophene rings is 1. The first-order valence-electron chi connectivity index (χ1n) is 5.75. The molecule has 1 aliphatic rings. The molecule has 1 aromatic heterocycles. The van der Waals surface area contributed by atoms with E-state index in [1.165, 1.54) is 12.8 Å². The fourth-order valence-electron chi connectivity index (χ4n) is 1.88. The van der Waals surface area contributed by atoms with Crippen LogP contribution in [0.5, 0.6) is 0 Å². The number of aliphatic hydroxyl groups excluding tert-OH is 1. The molecule has 0 saturated heterocycles. The van der Waals surface area contributed by atoms with Crippen LogP contribution in [0.1, 0.15) is 23.8 Å². The maximum atomic E-state index is 9.94. The number of hydrogen-bond acceptors (Lipinski definition) is 4. The third-order valence-electron chi connectivity index (χ3n) is 2.98. The zero-order valence-electron chi connectivity index (χ0n) is 9.56. The number of ether oxygens (including phenoxy) is 1. The minimum atomic E-state index is -0.391. The van der Waals surface area contributed by atoms with Crippen molar-refractivity contribution in [1.82, 2.24) is 5.32 Å². The summed E-state index contributed by atoms with van der Waals surface area (Å²) in [5.74, 6) is 0.746. The summed E-state index contributed by atoms with van der Waals surface area (Å²) in [6.45, 7) is 1.35. The van der Waals surface area contributed by atoms with Crippen molar-refractivity contribution in [3.05, 3.63) is 22.4 Å². The van der Waals surface area contributed by atoms with Crippen LogP contribution in [0, 0.1) is 5.92 Å². The molecular formula is C12H19NO2S. The topological polar surface area (TPSA) is 41.5 Å². The van der Waals surface area contributed by atoms with Crippen molar-refractivity contribution in [2.75, 3.05) is 20.3 Å². The third-order valence-corrected chi connectivity index (χ3v) is 3.96. The van der Waals surface area contributed by atoms with Crippen LogP contribution >= 0.6 is 11.3 Å². The summed E-state index contributed by atoms with van der Waals surface area (Å²) in [5.41, 5.74) is 0. The van der Waals surface area contributed by atoms with E-state index in [2.05, 4.69) is 5.32 Å². The quantitative estimate of drug-likeness (QED) is 0.765. The maximum absolute atomic E-state index is 9.94. The first-order valence-corrected chi connectivity index (χ1v) is 6.63. The van der Waals surface area contributed by atoms with Crippen molar-refractivity contribution in [1.29, 1.82) is 0 Å². The molecule has 3 nitrogen and oxygen atoms in total. The molecule has 4 heteroatoms. The van der Waals surface area contributed by atoms with Gasteiger partial charge in [-0.3, -0.25) is 0 Å². The van der Waals surface area contributed by atoms with Crippen molar-refractivity contribution < 1.29 is 9.84 Å². The second kappa shape index (κ2) is 5.77. The van der Waals surface area contributed by atoms with Gasteiger partial charge in [-0.1, -0.05) is 6.07 Å². The predicted molar refractivity (Wildman–Crippen MR) is 65.7 cm³/mol. The molecule has 0 amide bonds. The lowest BCUT2D eigenvalue weighted by molar-refractivity contribution is 0.133. The van der Waals surface area contributed by atoms with Gasteiger partial charge in [-0.2, -0.15) is 0 Å². The molecular weight excluding hydrogens is 222 g/mol. The predicted octanol–water partition coefficient (Wildman–Crippen LogP) is 1.80. The molecule has 0 bridgehead atoms. The Labute approximate surface area is 100 Å². The molecule has 1 aromatic rings. The Bertz CT molecular complexity index is 298. The highest BCUT2D eigenvalue weighted by Crippen LogP contribution is 2.33. The first kappa shape index (κ1) is 12.0. The Morgan fingerprint density at radius 1 is 1.62 bits per heavy atom. The van der Waals surface area contributed by atoms with E-state index in [0.717, 1.165) is 17.4 Å². The van der Waals surface area contributed by atoms with Crippen LogP contribution in [0.15, 0.2) is 17.5 Å². The van der Waals surface area contributed by atoms with Gasteiger partial charge in [0.15, 0.2) is 0 Å². The second-order valence-electron chi connectivity index (χ2n) is 4.34. The summed E-state index contributed by atoms with van der Waals surface area (Å²) in [7, 11) is 1.73. The average Bonchev–Trinajstić information content (AvgIpc) is 2.98. The zero-order valence-corrected chi connectivity index (χ0v) is 10.4. The summed E-state index contributed by atoms with van der Waals surface area (Å²) in [6, 6.07) is 4.34. The second-order valence-corrected chi connectivity index (χ2v) is 5.32. The standard InChI is InChI=1S/C12H19NO2S/c1-15-8-10(9-4-5-9)13-7-11(14)12-3-2-6-16-12/h2-3,6,9-11,13-14H,4-5,7-8H2,1H3. The van der Waals surface area contributed by atoms with Gasteiger partial charge in [-0.15, -0.1) is 11.3 Å². The van der Waals surface area contributed by atoms with E-state index >= 15 is 0 Å². The van der Waals surface area contributed by atoms with E-state index in [0.29, 0.717) is 12.6 Å². The Balaban J connectivity index is 1.76. The molecule has 1 heterocycles. The number of nitrogens with one attached hydrogen (secondary N) is 1. The lowest BCUT2D eigenvalue weighted by Crippen LogP contribution is -2.37. The van der Waals surface area contributed by atoms with Crippen molar-refractivity contribution in [3.63, 3.8) is 0 Å². The number of methoxy groups -OCH3 is 1. The highest BCUT2D eigenvalue weighted by molar-refractivity contribution is 7.10. The van der Waals surface area contributed by atoms with Crippen LogP contribution in [0.2, 0.25) is 0 Å². The van der Waals surface area contributed by atoms with Crippen LogP contribution < -0.4 is 5.32 Å². The number of rotatable bonds is 7. The molecule has 0 aromatic carbocycles. The maximum Gasteiger partial charge on any atom is 0.101 e. The Morgan fingerprint density at radius 2 is 2.44 bits per heavy atom. The monoisotopic (exact) mass is 241 g/mol. The first-order chi connectivity index (χ1) is 7.81. The zero-order chi connectivity index (χ0) is 11.4. The minimum absolute atomic E-state index is 0.391. The molecule has 2 rings (SSSR count). The molecule has 0 aliphatic heterocycles. The molecule has 1 aliphatic carbocycles. The fourth-order valence-corrected chi connectivity index (χ4v) is 2.60. The van der Waals surface area contributed by atoms with Crippen LogP contribution in [-0.4, -0.2) is 31.4 Å². The lowest BCUT2D eigenvalue weighted by atomic mass is 10.2. The van der Waals surface area contributed by atoms with E-state index in [9.17, 15) is 5.11 Å². The third kappa shape index (κ3) is 3.28. The summed E-state index contributed by atoms with van der Waals surface area (Å²) in [5, 5.41) is 15.3. The van der Waals surface area contributed by atoms with Gasteiger partial charge in [0, 0.05) is 24.6 Å². The molecule has 2 unspecified atom stereocenters.